The summed E-state index contributed by atoms with van der Waals surface area (Å²) < 4.78 is 31.4. The van der Waals surface area contributed by atoms with Gasteiger partial charge in [0.1, 0.15) is 11.4 Å². The summed E-state index contributed by atoms with van der Waals surface area (Å²) >= 11 is 6.03. The van der Waals surface area contributed by atoms with Crippen molar-refractivity contribution < 1.29 is 40.2 Å². The van der Waals surface area contributed by atoms with Crippen molar-refractivity contribution in [3.05, 3.63) is 59.1 Å². The number of hydrogen-bond acceptors (Lipinski definition) is 3. The van der Waals surface area contributed by atoms with Crippen molar-refractivity contribution in [3.8, 4) is 5.75 Å². The second-order valence-corrected chi connectivity index (χ2v) is 7.60. The van der Waals surface area contributed by atoms with Crippen LogP contribution in [0.1, 0.15) is 31.2 Å². The monoisotopic (exact) mass is 486 g/mol. The fourth-order valence-electron chi connectivity index (χ4n) is 4.08. The van der Waals surface area contributed by atoms with Crippen LogP contribution in [0.3, 0.4) is 0 Å². The highest BCUT2D eigenvalue weighted by Crippen LogP contribution is 2.36. The molecule has 2 aliphatic rings. The summed E-state index contributed by atoms with van der Waals surface area (Å²) in [6, 6.07) is 13.8. The van der Waals surface area contributed by atoms with Gasteiger partial charge in [-0.25, -0.2) is 9.48 Å². The molecule has 1 unspecified atom stereocenters. The third-order valence-electron chi connectivity index (χ3n) is 5.41. The smallest absolute Gasteiger partial charge is 0.387 e. The van der Waals surface area contributed by atoms with Gasteiger partial charge in [-0.1, -0.05) is 23.7 Å². The molecule has 4 nitrogen and oxygen atoms in total. The molecule has 0 aromatic heterocycles. The molecule has 0 saturated carbocycles. The predicted molar refractivity (Wildman–Crippen MR) is 104 cm³/mol. The zero-order chi connectivity index (χ0) is 19.7. The van der Waals surface area contributed by atoms with Crippen LogP contribution in [-0.4, -0.2) is 35.2 Å². The summed E-state index contributed by atoms with van der Waals surface area (Å²) in [5, 5.41) is 12.3. The van der Waals surface area contributed by atoms with E-state index >= 15 is 0 Å². The van der Waals surface area contributed by atoms with Crippen molar-refractivity contribution in [3.63, 3.8) is 0 Å². The van der Waals surface area contributed by atoms with E-state index in [0.717, 1.165) is 49.3 Å². The van der Waals surface area contributed by atoms with Crippen molar-refractivity contribution in [1.82, 2.24) is 0 Å². The summed E-state index contributed by atoms with van der Waals surface area (Å²) in [6.45, 7) is -1.73. The SMILES string of the molecule is OC1(c2ccc(Cl)cc2)CN(c2ccc(OC(F)F)cc2)C2=[N+]1CCCCC2.[Br-]. The van der Waals surface area contributed by atoms with Crippen LogP contribution in [-0.2, 0) is 5.72 Å². The van der Waals surface area contributed by atoms with Gasteiger partial charge in [0.25, 0.3) is 11.6 Å². The Morgan fingerprint density at radius 2 is 1.72 bits per heavy atom. The summed E-state index contributed by atoms with van der Waals surface area (Å²) in [5.41, 5.74) is 0.465. The lowest BCUT2D eigenvalue weighted by molar-refractivity contribution is -0.658. The molecule has 8 heteroatoms. The average molecular weight is 488 g/mol. The minimum atomic E-state index is -2.85. The first kappa shape index (κ1) is 22.0. The molecule has 0 spiro atoms. The highest BCUT2D eigenvalue weighted by molar-refractivity contribution is 6.30. The molecule has 2 aromatic rings. The van der Waals surface area contributed by atoms with Crippen molar-refractivity contribution in [2.75, 3.05) is 18.0 Å². The lowest BCUT2D eigenvalue weighted by Gasteiger charge is -2.23. The van der Waals surface area contributed by atoms with E-state index in [1.165, 1.54) is 12.1 Å². The van der Waals surface area contributed by atoms with Crippen LogP contribution < -0.4 is 26.6 Å². The molecule has 0 radical (unpaired) electrons. The van der Waals surface area contributed by atoms with Gasteiger partial charge in [0.15, 0.2) is 6.54 Å². The second-order valence-electron chi connectivity index (χ2n) is 7.16. The standard InChI is InChI=1S/C21H22ClF2N2O2.BrH/c22-16-7-5-15(6-8-16)21(27)14-25(19-4-2-1-3-13-26(19)21)17-9-11-18(12-10-17)28-20(23)24;/h5-12,20,27H,1-4,13-14H2;1H/q+1;/p-1. The first-order chi connectivity index (χ1) is 13.5. The predicted octanol–water partition coefficient (Wildman–Crippen LogP) is 1.60. The summed E-state index contributed by atoms with van der Waals surface area (Å²) in [7, 11) is 0. The van der Waals surface area contributed by atoms with Crippen LogP contribution in [0.5, 0.6) is 5.75 Å². The molecule has 4 rings (SSSR count). The van der Waals surface area contributed by atoms with Gasteiger partial charge in [0, 0.05) is 17.0 Å². The Labute approximate surface area is 184 Å². The number of β-amino-alcohol motifs (C(OH)–C–C–N with tert-alkyl or cyclic N) is 1. The van der Waals surface area contributed by atoms with E-state index in [4.69, 9.17) is 11.6 Å². The van der Waals surface area contributed by atoms with Crippen LogP contribution in [0, 0.1) is 0 Å². The minimum Gasteiger partial charge on any atom is -1.00 e. The van der Waals surface area contributed by atoms with E-state index in [1.807, 2.05) is 12.1 Å². The Balaban J connectivity index is 0.00000240. The number of aliphatic hydroxyl groups is 1. The van der Waals surface area contributed by atoms with Crippen molar-refractivity contribution >= 4 is 23.1 Å². The van der Waals surface area contributed by atoms with Crippen LogP contribution in [0.4, 0.5) is 14.5 Å². The third-order valence-corrected chi connectivity index (χ3v) is 5.66. The highest BCUT2D eigenvalue weighted by atomic mass is 79.9. The molecule has 2 aliphatic heterocycles. The molecule has 1 N–H and O–H groups in total. The van der Waals surface area contributed by atoms with Crippen LogP contribution >= 0.6 is 11.6 Å². The number of amidine groups is 1. The number of nitrogens with zero attached hydrogens (tertiary/aromatic N) is 2. The summed E-state index contributed by atoms with van der Waals surface area (Å²) in [4.78, 5) is 2.08. The number of ether oxygens (including phenoxy) is 1. The van der Waals surface area contributed by atoms with Crippen molar-refractivity contribution in [1.29, 1.82) is 0 Å². The molecule has 0 saturated heterocycles. The number of hydrogen-bond donors (Lipinski definition) is 1. The zero-order valence-corrected chi connectivity index (χ0v) is 18.0. The van der Waals surface area contributed by atoms with Gasteiger partial charge in [-0.05, 0) is 55.7 Å². The molecular weight excluding hydrogens is 466 g/mol. The lowest BCUT2D eigenvalue weighted by atomic mass is 10.0. The van der Waals surface area contributed by atoms with E-state index in [-0.39, 0.29) is 22.7 Å². The second kappa shape index (κ2) is 8.98. The van der Waals surface area contributed by atoms with E-state index < -0.39 is 12.3 Å². The third kappa shape index (κ3) is 4.42. The Kier molecular flexibility index (Phi) is 6.81. The molecule has 0 fully saturated rings. The number of halogens is 4. The Hall–Kier alpha value is -1.70. The number of benzene rings is 2. The van der Waals surface area contributed by atoms with Gasteiger partial charge >= 0.3 is 6.61 Å². The molecule has 0 aliphatic carbocycles. The van der Waals surface area contributed by atoms with Crippen molar-refractivity contribution in [2.45, 2.75) is 38.0 Å². The van der Waals surface area contributed by atoms with Crippen LogP contribution in [0.25, 0.3) is 0 Å². The van der Waals surface area contributed by atoms with E-state index in [9.17, 15) is 13.9 Å². The van der Waals surface area contributed by atoms with Gasteiger partial charge in [-0.15, -0.1) is 0 Å². The molecule has 0 bridgehead atoms. The van der Waals surface area contributed by atoms with Gasteiger partial charge in [0.2, 0.25) is 0 Å². The highest BCUT2D eigenvalue weighted by Gasteiger charge is 2.51. The fourth-order valence-corrected chi connectivity index (χ4v) is 4.21. The molecule has 2 aromatic carbocycles. The van der Waals surface area contributed by atoms with Gasteiger partial charge in [0.05, 0.1) is 6.54 Å². The Bertz CT molecular complexity index is 877. The number of rotatable bonds is 4. The quantitative estimate of drug-likeness (QED) is 0.666. The number of anilines is 1. The molecule has 29 heavy (non-hydrogen) atoms. The molecule has 1 atom stereocenters. The minimum absolute atomic E-state index is 0. The molecular formula is C21H22BrClF2N2O2. The topological polar surface area (TPSA) is 35.7 Å². The number of alkyl halides is 2. The maximum Gasteiger partial charge on any atom is 0.387 e. The Morgan fingerprint density at radius 1 is 1.03 bits per heavy atom. The van der Waals surface area contributed by atoms with Crippen LogP contribution in [0.15, 0.2) is 48.5 Å². The first-order valence-corrected chi connectivity index (χ1v) is 9.79. The molecule has 0 amide bonds. The summed E-state index contributed by atoms with van der Waals surface area (Å²) in [5.74, 6) is 1.17. The van der Waals surface area contributed by atoms with E-state index in [2.05, 4.69) is 14.2 Å². The molecule has 2 heterocycles. The largest absolute Gasteiger partial charge is 1.00 e. The maximum absolute atomic E-state index is 12.4. The maximum atomic E-state index is 12.4. The van der Waals surface area contributed by atoms with Gasteiger partial charge in [-0.2, -0.15) is 8.78 Å². The van der Waals surface area contributed by atoms with Crippen molar-refractivity contribution in [2.24, 2.45) is 0 Å². The van der Waals surface area contributed by atoms with Gasteiger partial charge in [-0.3, -0.25) is 0 Å². The van der Waals surface area contributed by atoms with E-state index in [0.29, 0.717) is 11.6 Å². The zero-order valence-electron chi connectivity index (χ0n) is 15.7. The van der Waals surface area contributed by atoms with Gasteiger partial charge < -0.3 is 26.8 Å². The fraction of sp³-hybridized carbons (Fsp3) is 0.381. The van der Waals surface area contributed by atoms with Crippen LogP contribution in [0.2, 0.25) is 5.02 Å². The average Bonchev–Trinajstić information content (AvgIpc) is 2.83. The normalized spacial score (nSPS) is 21.6. The Morgan fingerprint density at radius 3 is 2.38 bits per heavy atom. The lowest BCUT2D eigenvalue weighted by Crippen LogP contribution is -3.00. The summed E-state index contributed by atoms with van der Waals surface area (Å²) in [6.07, 6.45) is 4.01. The molecule has 156 valence electrons. The first-order valence-electron chi connectivity index (χ1n) is 9.42. The van der Waals surface area contributed by atoms with E-state index in [1.54, 1.807) is 24.3 Å².